The Kier molecular flexibility index (Phi) is 7.47. The number of ether oxygens (including phenoxy) is 1. The van der Waals surface area contributed by atoms with Gasteiger partial charge in [0.2, 0.25) is 0 Å². The van der Waals surface area contributed by atoms with E-state index >= 15 is 0 Å². The number of guanidine groups is 1. The van der Waals surface area contributed by atoms with Crippen molar-refractivity contribution in [2.45, 2.75) is 46.4 Å². The van der Waals surface area contributed by atoms with Crippen molar-refractivity contribution in [3.63, 3.8) is 0 Å². The van der Waals surface area contributed by atoms with Gasteiger partial charge in [0.15, 0.2) is 5.96 Å². The lowest BCUT2D eigenvalue weighted by Crippen LogP contribution is -2.36. The van der Waals surface area contributed by atoms with Crippen LogP contribution in [0.2, 0.25) is 0 Å². The number of nitrogens with zero attached hydrogens (tertiary/aromatic N) is 2. The fourth-order valence-electron chi connectivity index (χ4n) is 2.64. The van der Waals surface area contributed by atoms with Gasteiger partial charge in [0.05, 0.1) is 12.3 Å². The second-order valence-corrected chi connectivity index (χ2v) is 5.77. The first kappa shape index (κ1) is 19.0. The molecule has 6 nitrogen and oxygen atoms in total. The Morgan fingerprint density at radius 1 is 1.08 bits per heavy atom. The lowest BCUT2D eigenvalue weighted by molar-refractivity contribution is 0.185. The molecule has 136 valence electrons. The van der Waals surface area contributed by atoms with E-state index in [2.05, 4.69) is 58.9 Å². The summed E-state index contributed by atoms with van der Waals surface area (Å²) in [5, 5.41) is 10.8. The van der Waals surface area contributed by atoms with Gasteiger partial charge in [-0.2, -0.15) is 0 Å². The molecule has 2 N–H and O–H groups in total. The van der Waals surface area contributed by atoms with Crippen molar-refractivity contribution >= 4 is 5.96 Å². The zero-order valence-corrected chi connectivity index (χ0v) is 15.6. The summed E-state index contributed by atoms with van der Waals surface area (Å²) >= 11 is 0. The highest BCUT2D eigenvalue weighted by Gasteiger charge is 2.13. The SMILES string of the molecule is CCc1noc(CC)c1CNC(=NC)NCc1ccc(COC)cc1. The summed E-state index contributed by atoms with van der Waals surface area (Å²) < 4.78 is 10.5. The molecule has 0 unspecified atom stereocenters. The minimum Gasteiger partial charge on any atom is -0.380 e. The number of aliphatic imine (C=N–C) groups is 1. The summed E-state index contributed by atoms with van der Waals surface area (Å²) in [5.74, 6) is 1.69. The summed E-state index contributed by atoms with van der Waals surface area (Å²) in [6.45, 7) is 6.15. The van der Waals surface area contributed by atoms with Gasteiger partial charge in [-0.05, 0) is 17.5 Å². The van der Waals surface area contributed by atoms with Gasteiger partial charge >= 0.3 is 0 Å². The highest BCUT2D eigenvalue weighted by atomic mass is 16.5. The molecule has 1 aromatic carbocycles. The Hall–Kier alpha value is -2.34. The molecule has 0 fully saturated rings. The Labute approximate surface area is 149 Å². The van der Waals surface area contributed by atoms with Gasteiger partial charge in [0.25, 0.3) is 0 Å². The van der Waals surface area contributed by atoms with E-state index in [0.29, 0.717) is 19.7 Å². The van der Waals surface area contributed by atoms with Gasteiger partial charge in [0.1, 0.15) is 5.76 Å². The molecule has 0 bridgehead atoms. The average Bonchev–Trinajstić information content (AvgIpc) is 3.05. The van der Waals surface area contributed by atoms with E-state index < -0.39 is 0 Å². The Balaban J connectivity index is 1.90. The molecule has 1 heterocycles. The molecular weight excluding hydrogens is 316 g/mol. The van der Waals surface area contributed by atoms with Crippen LogP contribution in [0, 0.1) is 0 Å². The molecule has 2 aromatic rings. The Morgan fingerprint density at radius 2 is 1.76 bits per heavy atom. The van der Waals surface area contributed by atoms with Crippen LogP contribution in [0.5, 0.6) is 0 Å². The molecule has 0 spiro atoms. The van der Waals surface area contributed by atoms with E-state index in [1.165, 1.54) is 11.1 Å². The molecule has 0 aliphatic heterocycles. The third kappa shape index (κ3) is 5.32. The molecule has 0 atom stereocenters. The molecule has 0 aliphatic carbocycles. The summed E-state index contributed by atoms with van der Waals surface area (Å²) in [4.78, 5) is 4.28. The van der Waals surface area contributed by atoms with Crippen LogP contribution in [0.4, 0.5) is 0 Å². The molecule has 0 saturated carbocycles. The normalized spacial score (nSPS) is 11.6. The topological polar surface area (TPSA) is 71.7 Å². The molecule has 1 aromatic heterocycles. The number of aromatic nitrogens is 1. The Bertz CT molecular complexity index is 656. The molecule has 2 rings (SSSR count). The van der Waals surface area contributed by atoms with Crippen LogP contribution in [0.1, 0.15) is 42.0 Å². The summed E-state index contributed by atoms with van der Waals surface area (Å²) in [7, 11) is 3.47. The van der Waals surface area contributed by atoms with Crippen molar-refractivity contribution in [3.8, 4) is 0 Å². The van der Waals surface area contributed by atoms with Crippen molar-refractivity contribution < 1.29 is 9.26 Å². The van der Waals surface area contributed by atoms with Crippen LogP contribution in [0.25, 0.3) is 0 Å². The third-order valence-corrected chi connectivity index (χ3v) is 4.06. The van der Waals surface area contributed by atoms with Gasteiger partial charge in [0, 0.05) is 39.2 Å². The monoisotopic (exact) mass is 344 g/mol. The zero-order chi connectivity index (χ0) is 18.1. The zero-order valence-electron chi connectivity index (χ0n) is 15.6. The predicted octanol–water partition coefficient (Wildman–Crippen LogP) is 2.81. The number of benzene rings is 1. The highest BCUT2D eigenvalue weighted by Crippen LogP contribution is 2.15. The first-order valence-corrected chi connectivity index (χ1v) is 8.69. The van der Waals surface area contributed by atoms with Gasteiger partial charge in [-0.3, -0.25) is 4.99 Å². The maximum Gasteiger partial charge on any atom is 0.191 e. The van der Waals surface area contributed by atoms with Crippen molar-refractivity contribution in [2.75, 3.05) is 14.2 Å². The van der Waals surface area contributed by atoms with E-state index in [-0.39, 0.29) is 0 Å². The summed E-state index contributed by atoms with van der Waals surface area (Å²) in [5.41, 5.74) is 4.50. The lowest BCUT2D eigenvalue weighted by Gasteiger charge is -2.12. The predicted molar refractivity (Wildman–Crippen MR) is 99.5 cm³/mol. The largest absolute Gasteiger partial charge is 0.380 e. The summed E-state index contributed by atoms with van der Waals surface area (Å²) in [6.07, 6.45) is 1.70. The lowest BCUT2D eigenvalue weighted by atomic mass is 10.1. The molecule has 0 saturated heterocycles. The smallest absolute Gasteiger partial charge is 0.191 e. The van der Waals surface area contributed by atoms with E-state index in [0.717, 1.165) is 35.8 Å². The van der Waals surface area contributed by atoms with Crippen molar-refractivity contribution in [3.05, 3.63) is 52.4 Å². The Morgan fingerprint density at radius 3 is 2.36 bits per heavy atom. The van der Waals surface area contributed by atoms with E-state index in [4.69, 9.17) is 9.26 Å². The van der Waals surface area contributed by atoms with Crippen molar-refractivity contribution in [1.29, 1.82) is 0 Å². The number of rotatable bonds is 8. The number of nitrogens with one attached hydrogen (secondary N) is 2. The van der Waals surface area contributed by atoms with Crippen LogP contribution in [0.3, 0.4) is 0 Å². The summed E-state index contributed by atoms with van der Waals surface area (Å²) in [6, 6.07) is 8.35. The molecule has 0 aliphatic rings. The number of aryl methyl sites for hydroxylation is 2. The van der Waals surface area contributed by atoms with E-state index in [1.54, 1.807) is 14.2 Å². The first-order chi connectivity index (χ1) is 12.2. The van der Waals surface area contributed by atoms with Gasteiger partial charge < -0.3 is 19.9 Å². The second-order valence-electron chi connectivity index (χ2n) is 5.77. The van der Waals surface area contributed by atoms with Crippen molar-refractivity contribution in [2.24, 2.45) is 4.99 Å². The maximum atomic E-state index is 5.40. The van der Waals surface area contributed by atoms with Crippen LogP contribution >= 0.6 is 0 Å². The van der Waals surface area contributed by atoms with Crippen LogP contribution < -0.4 is 10.6 Å². The van der Waals surface area contributed by atoms with Gasteiger partial charge in [-0.15, -0.1) is 0 Å². The number of methoxy groups -OCH3 is 1. The van der Waals surface area contributed by atoms with Crippen LogP contribution in [0.15, 0.2) is 33.8 Å². The highest BCUT2D eigenvalue weighted by molar-refractivity contribution is 5.79. The van der Waals surface area contributed by atoms with Gasteiger partial charge in [-0.1, -0.05) is 43.3 Å². The third-order valence-electron chi connectivity index (χ3n) is 4.06. The van der Waals surface area contributed by atoms with Crippen molar-refractivity contribution in [1.82, 2.24) is 15.8 Å². The van der Waals surface area contributed by atoms with Crippen LogP contribution in [-0.4, -0.2) is 25.3 Å². The van der Waals surface area contributed by atoms with Gasteiger partial charge in [-0.25, -0.2) is 0 Å². The van der Waals surface area contributed by atoms with E-state index in [9.17, 15) is 0 Å². The quantitative estimate of drug-likeness (QED) is 0.569. The minimum atomic E-state index is 0.634. The van der Waals surface area contributed by atoms with E-state index in [1.807, 2.05) is 0 Å². The number of hydrogen-bond acceptors (Lipinski definition) is 4. The minimum absolute atomic E-state index is 0.634. The fraction of sp³-hybridized carbons (Fsp3) is 0.474. The van der Waals surface area contributed by atoms with Crippen LogP contribution in [-0.2, 0) is 37.3 Å². The fourth-order valence-corrected chi connectivity index (χ4v) is 2.64. The molecule has 0 amide bonds. The molecule has 6 heteroatoms. The standard InChI is InChI=1S/C19H28N4O2/c1-5-17-16(18(6-2)25-23-17)12-22-19(20-3)21-11-14-7-9-15(10-8-14)13-24-4/h7-10H,5-6,11-13H2,1-4H3,(H2,20,21,22). The maximum absolute atomic E-state index is 5.40. The molecule has 25 heavy (non-hydrogen) atoms. The first-order valence-electron chi connectivity index (χ1n) is 8.69. The molecule has 0 radical (unpaired) electrons. The second kappa shape index (κ2) is 9.84. The number of hydrogen-bond donors (Lipinski definition) is 2. The molecular formula is C19H28N4O2. The average molecular weight is 344 g/mol.